The Labute approximate surface area is 148 Å². The van der Waals surface area contributed by atoms with Gasteiger partial charge in [0.2, 0.25) is 0 Å². The quantitative estimate of drug-likeness (QED) is 0.663. The van der Waals surface area contributed by atoms with Gasteiger partial charge in [-0.25, -0.2) is 0 Å². The standard InChI is InChI=1S/C22H34N2/c1-15-7-8-17(3)21(18(4)11-15)23-9-10-24(14-23)22-19(5)12-16(2)13-20(22)6/h11-12,15-16H,7-10,13-14H2,1-6H3/t15?,16-/m1/s1. The molecule has 1 unspecified atom stereocenters. The number of allylic oxidation sites excluding steroid dienone is 6. The third-order valence-corrected chi connectivity index (χ3v) is 5.84. The zero-order chi connectivity index (χ0) is 17.4. The highest BCUT2D eigenvalue weighted by atomic mass is 15.4. The van der Waals surface area contributed by atoms with Crippen LogP contribution in [-0.4, -0.2) is 29.6 Å². The van der Waals surface area contributed by atoms with Crippen LogP contribution >= 0.6 is 0 Å². The normalized spacial score (nSPS) is 29.1. The first kappa shape index (κ1) is 17.4. The average molecular weight is 327 g/mol. The van der Waals surface area contributed by atoms with Gasteiger partial charge in [0, 0.05) is 24.5 Å². The topological polar surface area (TPSA) is 6.48 Å². The SMILES string of the molecule is CC1=CC(C)CCC(C)=C1N1CCN(C2=C(C)C[C@H](C)C=C2C)C1. The van der Waals surface area contributed by atoms with Crippen LogP contribution in [0.2, 0.25) is 0 Å². The molecule has 0 amide bonds. The second kappa shape index (κ2) is 6.82. The van der Waals surface area contributed by atoms with Crippen molar-refractivity contribution in [3.63, 3.8) is 0 Å². The Morgan fingerprint density at radius 1 is 0.792 bits per heavy atom. The van der Waals surface area contributed by atoms with Crippen LogP contribution in [0.4, 0.5) is 0 Å². The molecule has 1 heterocycles. The third kappa shape index (κ3) is 3.34. The fraction of sp³-hybridized carbons (Fsp3) is 0.636. The van der Waals surface area contributed by atoms with Crippen LogP contribution in [0.3, 0.4) is 0 Å². The second-order valence-electron chi connectivity index (χ2n) is 8.32. The van der Waals surface area contributed by atoms with E-state index in [9.17, 15) is 0 Å². The Morgan fingerprint density at radius 3 is 1.96 bits per heavy atom. The molecule has 2 aliphatic carbocycles. The minimum atomic E-state index is 0.686. The molecule has 24 heavy (non-hydrogen) atoms. The van der Waals surface area contributed by atoms with Crippen molar-refractivity contribution >= 4 is 0 Å². The summed E-state index contributed by atoms with van der Waals surface area (Å²) in [6.45, 7) is 17.3. The zero-order valence-electron chi connectivity index (χ0n) is 16.4. The molecule has 1 aliphatic heterocycles. The summed E-state index contributed by atoms with van der Waals surface area (Å²) in [5, 5.41) is 0. The maximum Gasteiger partial charge on any atom is 0.0904 e. The molecule has 0 radical (unpaired) electrons. The maximum absolute atomic E-state index is 2.62. The van der Waals surface area contributed by atoms with Gasteiger partial charge < -0.3 is 9.80 Å². The van der Waals surface area contributed by atoms with E-state index in [4.69, 9.17) is 0 Å². The highest BCUT2D eigenvalue weighted by molar-refractivity contribution is 5.39. The fourth-order valence-corrected chi connectivity index (χ4v) is 4.96. The first-order chi connectivity index (χ1) is 11.4. The van der Waals surface area contributed by atoms with Crippen LogP contribution in [0.5, 0.6) is 0 Å². The van der Waals surface area contributed by atoms with Gasteiger partial charge in [-0.3, -0.25) is 0 Å². The first-order valence-corrected chi connectivity index (χ1v) is 9.63. The third-order valence-electron chi connectivity index (χ3n) is 5.84. The van der Waals surface area contributed by atoms with E-state index in [0.29, 0.717) is 11.8 Å². The molecule has 0 aromatic rings. The van der Waals surface area contributed by atoms with Crippen LogP contribution in [0.25, 0.3) is 0 Å². The number of hydrogen-bond donors (Lipinski definition) is 0. The Balaban J connectivity index is 1.82. The number of rotatable bonds is 2. The summed E-state index contributed by atoms with van der Waals surface area (Å²) in [5.74, 6) is 1.39. The fourth-order valence-electron chi connectivity index (χ4n) is 4.96. The molecule has 3 aliphatic rings. The number of hydrogen-bond acceptors (Lipinski definition) is 2. The van der Waals surface area contributed by atoms with E-state index in [-0.39, 0.29) is 0 Å². The van der Waals surface area contributed by atoms with Gasteiger partial charge in [0.25, 0.3) is 0 Å². The molecule has 2 atom stereocenters. The minimum Gasteiger partial charge on any atom is -0.352 e. The molecule has 0 saturated carbocycles. The predicted molar refractivity (Wildman–Crippen MR) is 103 cm³/mol. The lowest BCUT2D eigenvalue weighted by Gasteiger charge is -2.31. The summed E-state index contributed by atoms with van der Waals surface area (Å²) >= 11 is 0. The molecule has 0 bridgehead atoms. The largest absolute Gasteiger partial charge is 0.352 e. The van der Waals surface area contributed by atoms with Crippen molar-refractivity contribution in [1.82, 2.24) is 9.80 Å². The highest BCUT2D eigenvalue weighted by Gasteiger charge is 2.29. The van der Waals surface area contributed by atoms with E-state index in [1.807, 2.05) is 0 Å². The minimum absolute atomic E-state index is 0.686. The highest BCUT2D eigenvalue weighted by Crippen LogP contribution is 2.35. The van der Waals surface area contributed by atoms with Gasteiger partial charge in [0.15, 0.2) is 0 Å². The van der Waals surface area contributed by atoms with E-state index in [1.165, 1.54) is 41.8 Å². The lowest BCUT2D eigenvalue weighted by molar-refractivity contribution is 0.329. The lowest BCUT2D eigenvalue weighted by Crippen LogP contribution is -2.28. The molecular formula is C22H34N2. The summed E-state index contributed by atoms with van der Waals surface area (Å²) in [6, 6.07) is 0. The molecule has 0 spiro atoms. The smallest absolute Gasteiger partial charge is 0.0904 e. The molecule has 0 aromatic carbocycles. The van der Waals surface area contributed by atoms with E-state index in [0.717, 1.165) is 19.8 Å². The average Bonchev–Trinajstić information content (AvgIpc) is 2.88. The lowest BCUT2D eigenvalue weighted by atomic mass is 9.90. The van der Waals surface area contributed by atoms with Crippen LogP contribution in [0.1, 0.15) is 60.8 Å². The van der Waals surface area contributed by atoms with Gasteiger partial charge in [-0.05, 0) is 81.1 Å². The van der Waals surface area contributed by atoms with Gasteiger partial charge in [0.05, 0.1) is 6.67 Å². The van der Waals surface area contributed by atoms with E-state index in [2.05, 4.69) is 63.5 Å². The monoisotopic (exact) mass is 326 g/mol. The Kier molecular flexibility index (Phi) is 4.94. The van der Waals surface area contributed by atoms with E-state index in [1.54, 1.807) is 11.1 Å². The van der Waals surface area contributed by atoms with Crippen LogP contribution in [0, 0.1) is 11.8 Å². The summed E-state index contributed by atoms with van der Waals surface area (Å²) < 4.78 is 0. The van der Waals surface area contributed by atoms with Crippen LogP contribution in [0.15, 0.2) is 45.8 Å². The van der Waals surface area contributed by atoms with Crippen LogP contribution in [-0.2, 0) is 0 Å². The summed E-state index contributed by atoms with van der Waals surface area (Å²) in [5.41, 5.74) is 9.13. The molecule has 0 aromatic heterocycles. The summed E-state index contributed by atoms with van der Waals surface area (Å²) in [4.78, 5) is 5.22. The Bertz CT molecular complexity index is 632. The summed E-state index contributed by atoms with van der Waals surface area (Å²) in [6.07, 6.45) is 8.66. The zero-order valence-corrected chi connectivity index (χ0v) is 16.4. The molecule has 132 valence electrons. The molecule has 2 heteroatoms. The summed E-state index contributed by atoms with van der Waals surface area (Å²) in [7, 11) is 0. The van der Waals surface area contributed by atoms with Crippen molar-refractivity contribution in [1.29, 1.82) is 0 Å². The van der Waals surface area contributed by atoms with Crippen molar-refractivity contribution in [2.75, 3.05) is 19.8 Å². The van der Waals surface area contributed by atoms with Gasteiger partial charge in [-0.1, -0.05) is 26.0 Å². The van der Waals surface area contributed by atoms with Gasteiger partial charge in [0.1, 0.15) is 0 Å². The van der Waals surface area contributed by atoms with Crippen molar-refractivity contribution < 1.29 is 0 Å². The predicted octanol–water partition coefficient (Wildman–Crippen LogP) is 5.47. The van der Waals surface area contributed by atoms with Crippen molar-refractivity contribution in [2.45, 2.75) is 60.8 Å². The molecule has 2 nitrogen and oxygen atoms in total. The Hall–Kier alpha value is -1.44. The van der Waals surface area contributed by atoms with E-state index >= 15 is 0 Å². The first-order valence-electron chi connectivity index (χ1n) is 9.63. The molecular weight excluding hydrogens is 292 g/mol. The second-order valence-corrected chi connectivity index (χ2v) is 8.32. The molecule has 1 fully saturated rings. The molecule has 0 N–H and O–H groups in total. The van der Waals surface area contributed by atoms with Crippen molar-refractivity contribution in [3.05, 3.63) is 45.8 Å². The van der Waals surface area contributed by atoms with E-state index < -0.39 is 0 Å². The molecule has 3 rings (SSSR count). The van der Waals surface area contributed by atoms with Gasteiger partial charge in [-0.2, -0.15) is 0 Å². The Morgan fingerprint density at radius 2 is 1.33 bits per heavy atom. The van der Waals surface area contributed by atoms with Gasteiger partial charge in [-0.15, -0.1) is 0 Å². The van der Waals surface area contributed by atoms with Crippen LogP contribution < -0.4 is 0 Å². The number of nitrogens with zero attached hydrogens (tertiary/aromatic N) is 2. The van der Waals surface area contributed by atoms with Gasteiger partial charge >= 0.3 is 0 Å². The van der Waals surface area contributed by atoms with Crippen molar-refractivity contribution in [2.24, 2.45) is 11.8 Å². The molecule has 1 saturated heterocycles. The van der Waals surface area contributed by atoms with Crippen molar-refractivity contribution in [3.8, 4) is 0 Å². The maximum atomic E-state index is 2.62.